The molecule has 0 saturated heterocycles. The first-order valence-corrected chi connectivity index (χ1v) is 10.9. The van der Waals surface area contributed by atoms with Crippen LogP contribution >= 0.6 is 11.8 Å². The minimum atomic E-state index is -3.24. The fourth-order valence-corrected chi connectivity index (χ4v) is 3.57. The number of hydrogen-bond acceptors (Lipinski definition) is 4. The highest BCUT2D eigenvalue weighted by Gasteiger charge is 2.11. The molecule has 6 heteroatoms. The Balaban J connectivity index is 0.00000151. The van der Waals surface area contributed by atoms with Crippen molar-refractivity contribution in [1.29, 1.82) is 0 Å². The largest absolute Gasteiger partial charge is 0.397 e. The third-order valence-electron chi connectivity index (χ3n) is 3.23. The summed E-state index contributed by atoms with van der Waals surface area (Å²) >= 11 is 1.56. The second kappa shape index (κ2) is 9.63. The van der Waals surface area contributed by atoms with Crippen LogP contribution in [-0.4, -0.2) is 20.4 Å². The average Bonchev–Trinajstić information content (AvgIpc) is 2.61. The SMILES string of the molecule is CC.CCS/C(=C(\N)c1ccc(S(C)(=O)=O)cc1)c1ccc(F)cc1. The minimum Gasteiger partial charge on any atom is -0.397 e. The van der Waals surface area contributed by atoms with E-state index in [1.807, 2.05) is 20.8 Å². The van der Waals surface area contributed by atoms with Crippen molar-refractivity contribution in [3.05, 3.63) is 65.5 Å². The number of benzene rings is 2. The number of thioether (sulfide) groups is 1. The average molecular weight is 382 g/mol. The molecule has 2 rings (SSSR count). The first-order valence-electron chi connectivity index (χ1n) is 8.02. The van der Waals surface area contributed by atoms with Gasteiger partial charge in [-0.25, -0.2) is 12.8 Å². The Morgan fingerprint density at radius 1 is 1.00 bits per heavy atom. The van der Waals surface area contributed by atoms with Crippen LogP contribution in [0.15, 0.2) is 53.4 Å². The highest BCUT2D eigenvalue weighted by molar-refractivity contribution is 8.08. The summed E-state index contributed by atoms with van der Waals surface area (Å²) in [5.41, 5.74) is 8.39. The molecule has 0 aliphatic rings. The molecule has 0 spiro atoms. The van der Waals surface area contributed by atoms with Gasteiger partial charge in [0.05, 0.1) is 10.6 Å². The molecule has 25 heavy (non-hydrogen) atoms. The van der Waals surface area contributed by atoms with Gasteiger partial charge in [0.25, 0.3) is 0 Å². The summed E-state index contributed by atoms with van der Waals surface area (Å²) in [4.78, 5) is 1.10. The molecule has 0 heterocycles. The quantitative estimate of drug-likeness (QED) is 0.756. The van der Waals surface area contributed by atoms with E-state index in [1.165, 1.54) is 24.3 Å². The van der Waals surface area contributed by atoms with E-state index in [4.69, 9.17) is 5.73 Å². The van der Waals surface area contributed by atoms with Gasteiger partial charge in [0.15, 0.2) is 9.84 Å². The van der Waals surface area contributed by atoms with Crippen molar-refractivity contribution >= 4 is 32.2 Å². The molecule has 0 aliphatic heterocycles. The van der Waals surface area contributed by atoms with Crippen molar-refractivity contribution in [2.75, 3.05) is 12.0 Å². The molecule has 136 valence electrons. The second-order valence-corrected chi connectivity index (χ2v) is 8.27. The number of rotatable bonds is 5. The first kappa shape index (κ1) is 21.3. The third-order valence-corrected chi connectivity index (χ3v) is 5.39. The summed E-state index contributed by atoms with van der Waals surface area (Å²) in [5, 5.41) is 0. The maximum atomic E-state index is 13.1. The molecule has 0 saturated carbocycles. The maximum absolute atomic E-state index is 13.1. The van der Waals surface area contributed by atoms with Crippen molar-refractivity contribution in [1.82, 2.24) is 0 Å². The van der Waals surface area contributed by atoms with Crippen molar-refractivity contribution in [2.24, 2.45) is 5.73 Å². The van der Waals surface area contributed by atoms with Gasteiger partial charge in [-0.05, 0) is 41.1 Å². The van der Waals surface area contributed by atoms with Crippen LogP contribution in [0.5, 0.6) is 0 Å². The van der Waals surface area contributed by atoms with E-state index in [0.29, 0.717) is 5.70 Å². The van der Waals surface area contributed by atoms with Crippen LogP contribution in [0.2, 0.25) is 0 Å². The number of halogens is 1. The summed E-state index contributed by atoms with van der Waals surface area (Å²) in [6, 6.07) is 12.6. The minimum absolute atomic E-state index is 0.250. The van der Waals surface area contributed by atoms with Crippen LogP contribution < -0.4 is 5.73 Å². The fourth-order valence-electron chi connectivity index (χ4n) is 2.07. The van der Waals surface area contributed by atoms with Gasteiger partial charge >= 0.3 is 0 Å². The van der Waals surface area contributed by atoms with Gasteiger partial charge in [0.1, 0.15) is 5.82 Å². The van der Waals surface area contributed by atoms with Crippen molar-refractivity contribution < 1.29 is 12.8 Å². The Morgan fingerprint density at radius 3 is 1.92 bits per heavy atom. The van der Waals surface area contributed by atoms with Crippen LogP contribution in [0, 0.1) is 5.82 Å². The molecule has 0 amide bonds. The van der Waals surface area contributed by atoms with Crippen molar-refractivity contribution in [2.45, 2.75) is 25.7 Å². The predicted octanol–water partition coefficient (Wildman–Crippen LogP) is 4.79. The molecular weight excluding hydrogens is 357 g/mol. The van der Waals surface area contributed by atoms with E-state index < -0.39 is 9.84 Å². The van der Waals surface area contributed by atoms with Crippen LogP contribution in [0.3, 0.4) is 0 Å². The fraction of sp³-hybridized carbons (Fsp3) is 0.263. The number of nitrogens with two attached hydrogens (primary N) is 1. The zero-order valence-electron chi connectivity index (χ0n) is 14.9. The Bertz CT molecular complexity index is 812. The Morgan fingerprint density at radius 2 is 1.48 bits per heavy atom. The normalized spacial score (nSPS) is 12.0. The smallest absolute Gasteiger partial charge is 0.175 e. The summed E-state index contributed by atoms with van der Waals surface area (Å²) < 4.78 is 36.1. The zero-order chi connectivity index (χ0) is 19.0. The van der Waals surface area contributed by atoms with Gasteiger partial charge in [-0.2, -0.15) is 0 Å². The van der Waals surface area contributed by atoms with Gasteiger partial charge in [-0.3, -0.25) is 0 Å². The summed E-state index contributed by atoms with van der Waals surface area (Å²) in [5.74, 6) is 0.514. The van der Waals surface area contributed by atoms with Crippen molar-refractivity contribution in [3.8, 4) is 0 Å². The van der Waals surface area contributed by atoms with Crippen LogP contribution in [0.25, 0.3) is 10.6 Å². The van der Waals surface area contributed by atoms with Crippen molar-refractivity contribution in [3.63, 3.8) is 0 Å². The van der Waals surface area contributed by atoms with Gasteiger partial charge in [0.2, 0.25) is 0 Å². The van der Waals surface area contributed by atoms with Crippen LogP contribution in [0.4, 0.5) is 4.39 Å². The molecule has 0 radical (unpaired) electrons. The van der Waals surface area contributed by atoms with E-state index in [0.717, 1.165) is 28.0 Å². The standard InChI is InChI=1S/C17H18FNO2S2.C2H6/c1-3-22-17(13-4-8-14(18)9-5-13)16(19)12-6-10-15(11-7-12)23(2,20)21;1-2/h4-11H,3,19H2,1-2H3;1-2H3/b17-16-;. The Hall–Kier alpha value is -1.79. The van der Waals surface area contributed by atoms with E-state index in [-0.39, 0.29) is 10.7 Å². The predicted molar refractivity (Wildman–Crippen MR) is 106 cm³/mol. The molecule has 0 aliphatic carbocycles. The summed E-state index contributed by atoms with van der Waals surface area (Å²) in [7, 11) is -3.24. The maximum Gasteiger partial charge on any atom is 0.175 e. The highest BCUT2D eigenvalue weighted by atomic mass is 32.2. The van der Waals surface area contributed by atoms with Gasteiger partial charge in [0, 0.05) is 11.2 Å². The Kier molecular flexibility index (Phi) is 8.19. The van der Waals surface area contributed by atoms with Gasteiger partial charge in [-0.1, -0.05) is 45.0 Å². The lowest BCUT2D eigenvalue weighted by atomic mass is 10.1. The molecule has 2 N–H and O–H groups in total. The lowest BCUT2D eigenvalue weighted by Gasteiger charge is -2.12. The molecule has 3 nitrogen and oxygen atoms in total. The van der Waals surface area contributed by atoms with Gasteiger partial charge < -0.3 is 5.73 Å². The summed E-state index contributed by atoms with van der Waals surface area (Å²) in [6.07, 6.45) is 1.16. The second-order valence-electron chi connectivity index (χ2n) is 4.98. The zero-order valence-corrected chi connectivity index (χ0v) is 16.5. The monoisotopic (exact) mass is 381 g/mol. The highest BCUT2D eigenvalue weighted by Crippen LogP contribution is 2.33. The van der Waals surface area contributed by atoms with E-state index in [9.17, 15) is 12.8 Å². The number of sulfone groups is 1. The van der Waals surface area contributed by atoms with E-state index >= 15 is 0 Å². The van der Waals surface area contributed by atoms with E-state index in [1.54, 1.807) is 36.0 Å². The molecule has 0 fully saturated rings. The molecule has 0 aromatic heterocycles. The molecule has 0 unspecified atom stereocenters. The molecule has 0 bridgehead atoms. The lowest BCUT2D eigenvalue weighted by molar-refractivity contribution is 0.602. The topological polar surface area (TPSA) is 60.2 Å². The number of hydrogen-bond donors (Lipinski definition) is 1. The van der Waals surface area contributed by atoms with E-state index in [2.05, 4.69) is 0 Å². The summed E-state index contributed by atoms with van der Waals surface area (Å²) in [6.45, 7) is 6.01. The van der Waals surface area contributed by atoms with Gasteiger partial charge in [-0.15, -0.1) is 11.8 Å². The third kappa shape index (κ3) is 5.90. The molecule has 2 aromatic rings. The molecule has 0 atom stereocenters. The molecule has 2 aromatic carbocycles. The lowest BCUT2D eigenvalue weighted by Crippen LogP contribution is -2.02. The first-order chi connectivity index (χ1) is 11.8. The van der Waals surface area contributed by atoms with Crippen LogP contribution in [-0.2, 0) is 9.84 Å². The molecular formula is C19H24FNO2S2. The Labute approximate surface area is 154 Å². The van der Waals surface area contributed by atoms with Crippen LogP contribution in [0.1, 0.15) is 31.9 Å².